The van der Waals surface area contributed by atoms with Crippen molar-refractivity contribution in [3.63, 3.8) is 0 Å². The van der Waals surface area contributed by atoms with Gasteiger partial charge in [0.15, 0.2) is 0 Å². The molecule has 2 rings (SSSR count). The second kappa shape index (κ2) is 5.65. The highest BCUT2D eigenvalue weighted by Gasteiger charge is 2.16. The molecule has 0 aliphatic carbocycles. The predicted octanol–water partition coefficient (Wildman–Crippen LogP) is 2.67. The predicted molar refractivity (Wildman–Crippen MR) is 70.2 cm³/mol. The first-order valence-corrected chi connectivity index (χ1v) is 6.62. The van der Waals surface area contributed by atoms with Crippen molar-refractivity contribution in [3.05, 3.63) is 33.8 Å². The summed E-state index contributed by atoms with van der Waals surface area (Å²) in [6, 6.07) is 5.60. The lowest BCUT2D eigenvalue weighted by Crippen LogP contribution is -2.31. The van der Waals surface area contributed by atoms with Crippen molar-refractivity contribution in [2.24, 2.45) is 0 Å². The minimum atomic E-state index is -0.0314. The molecule has 4 heteroatoms. The van der Waals surface area contributed by atoms with Crippen LogP contribution in [0.4, 0.5) is 0 Å². The number of aryl methyl sites for hydroxylation is 1. The van der Waals surface area contributed by atoms with E-state index in [1.807, 2.05) is 25.1 Å². The Morgan fingerprint density at radius 1 is 1.59 bits per heavy atom. The summed E-state index contributed by atoms with van der Waals surface area (Å²) in [5, 5.41) is 2.91. The summed E-state index contributed by atoms with van der Waals surface area (Å²) in [5.74, 6) is -0.0314. The number of halogens is 1. The van der Waals surface area contributed by atoms with Crippen LogP contribution in [0.2, 0.25) is 0 Å². The molecule has 1 aromatic rings. The van der Waals surface area contributed by atoms with Crippen LogP contribution in [0.25, 0.3) is 0 Å². The van der Waals surface area contributed by atoms with E-state index >= 15 is 0 Å². The molecule has 1 atom stereocenters. The lowest BCUT2D eigenvalue weighted by atomic mass is 10.1. The monoisotopic (exact) mass is 297 g/mol. The van der Waals surface area contributed by atoms with Crippen LogP contribution >= 0.6 is 15.9 Å². The standard InChI is InChI=1S/C13H16BrNO2/c1-9-7-10(4-5-12(9)14)13(16)15-8-11-3-2-6-17-11/h4-5,7,11H,2-3,6,8H2,1H3,(H,15,16). The van der Waals surface area contributed by atoms with Crippen molar-refractivity contribution < 1.29 is 9.53 Å². The maximum absolute atomic E-state index is 11.9. The number of hydrogen-bond donors (Lipinski definition) is 1. The average Bonchev–Trinajstić information content (AvgIpc) is 2.82. The third kappa shape index (κ3) is 3.30. The first kappa shape index (κ1) is 12.6. The van der Waals surface area contributed by atoms with E-state index in [4.69, 9.17) is 4.74 Å². The van der Waals surface area contributed by atoms with Crippen LogP contribution in [-0.4, -0.2) is 25.2 Å². The Hall–Kier alpha value is -0.870. The molecule has 0 saturated carbocycles. The number of rotatable bonds is 3. The van der Waals surface area contributed by atoms with Gasteiger partial charge in [-0.2, -0.15) is 0 Å². The number of ether oxygens (including phenoxy) is 1. The van der Waals surface area contributed by atoms with Gasteiger partial charge in [-0.1, -0.05) is 15.9 Å². The number of amides is 1. The van der Waals surface area contributed by atoms with Gasteiger partial charge in [0.1, 0.15) is 0 Å². The van der Waals surface area contributed by atoms with Crippen molar-refractivity contribution in [2.45, 2.75) is 25.9 Å². The number of hydrogen-bond acceptors (Lipinski definition) is 2. The highest BCUT2D eigenvalue weighted by Crippen LogP contribution is 2.17. The summed E-state index contributed by atoms with van der Waals surface area (Å²) in [7, 11) is 0. The summed E-state index contributed by atoms with van der Waals surface area (Å²) in [6.45, 7) is 3.40. The lowest BCUT2D eigenvalue weighted by Gasteiger charge is -2.11. The molecule has 1 unspecified atom stereocenters. The van der Waals surface area contributed by atoms with Crippen LogP contribution in [0.3, 0.4) is 0 Å². The topological polar surface area (TPSA) is 38.3 Å². The maximum Gasteiger partial charge on any atom is 0.251 e. The van der Waals surface area contributed by atoms with E-state index in [1.165, 1.54) is 0 Å². The van der Waals surface area contributed by atoms with Crippen LogP contribution in [-0.2, 0) is 4.74 Å². The second-order valence-corrected chi connectivity index (χ2v) is 5.16. The van der Waals surface area contributed by atoms with E-state index in [0.717, 1.165) is 29.5 Å². The number of nitrogens with one attached hydrogen (secondary N) is 1. The molecule has 0 aromatic heterocycles. The smallest absolute Gasteiger partial charge is 0.251 e. The quantitative estimate of drug-likeness (QED) is 0.931. The molecule has 1 aliphatic heterocycles. The first-order valence-electron chi connectivity index (χ1n) is 5.83. The van der Waals surface area contributed by atoms with Crippen molar-refractivity contribution in [2.75, 3.05) is 13.2 Å². The largest absolute Gasteiger partial charge is 0.376 e. The fourth-order valence-corrected chi connectivity index (χ4v) is 2.15. The van der Waals surface area contributed by atoms with Crippen LogP contribution in [0.5, 0.6) is 0 Å². The Morgan fingerprint density at radius 3 is 3.06 bits per heavy atom. The van der Waals surface area contributed by atoms with E-state index in [9.17, 15) is 4.79 Å². The summed E-state index contributed by atoms with van der Waals surface area (Å²) >= 11 is 3.42. The van der Waals surface area contributed by atoms with Crippen molar-refractivity contribution in [3.8, 4) is 0 Å². The maximum atomic E-state index is 11.9. The van der Waals surface area contributed by atoms with Crippen molar-refractivity contribution in [1.29, 1.82) is 0 Å². The fraction of sp³-hybridized carbons (Fsp3) is 0.462. The molecule has 1 fully saturated rings. The van der Waals surface area contributed by atoms with Crippen LogP contribution < -0.4 is 5.32 Å². The number of carbonyl (C=O) groups excluding carboxylic acids is 1. The molecular weight excluding hydrogens is 282 g/mol. The van der Waals surface area contributed by atoms with E-state index in [-0.39, 0.29) is 12.0 Å². The first-order chi connectivity index (χ1) is 8.16. The van der Waals surface area contributed by atoms with Gasteiger partial charge in [0, 0.05) is 23.2 Å². The zero-order chi connectivity index (χ0) is 12.3. The molecule has 0 spiro atoms. The molecular formula is C13H16BrNO2. The normalized spacial score (nSPS) is 19.3. The molecule has 1 aromatic carbocycles. The third-order valence-electron chi connectivity index (χ3n) is 2.93. The minimum Gasteiger partial charge on any atom is -0.376 e. The third-order valence-corrected chi connectivity index (χ3v) is 3.82. The Balaban J connectivity index is 1.92. The van der Waals surface area contributed by atoms with Crippen LogP contribution in [0.1, 0.15) is 28.8 Å². The van der Waals surface area contributed by atoms with Gasteiger partial charge in [0.05, 0.1) is 6.10 Å². The molecule has 3 nitrogen and oxygen atoms in total. The van der Waals surface area contributed by atoms with E-state index in [2.05, 4.69) is 21.2 Å². The van der Waals surface area contributed by atoms with Gasteiger partial charge in [0.2, 0.25) is 0 Å². The molecule has 0 bridgehead atoms. The van der Waals surface area contributed by atoms with Gasteiger partial charge in [-0.25, -0.2) is 0 Å². The Kier molecular flexibility index (Phi) is 4.18. The molecule has 1 aliphatic rings. The molecule has 17 heavy (non-hydrogen) atoms. The van der Waals surface area contributed by atoms with Gasteiger partial charge in [-0.15, -0.1) is 0 Å². The van der Waals surface area contributed by atoms with E-state index in [0.29, 0.717) is 12.1 Å². The number of carbonyl (C=O) groups is 1. The number of benzene rings is 1. The van der Waals surface area contributed by atoms with E-state index in [1.54, 1.807) is 0 Å². The average molecular weight is 298 g/mol. The van der Waals surface area contributed by atoms with Gasteiger partial charge in [-0.3, -0.25) is 4.79 Å². The Morgan fingerprint density at radius 2 is 2.41 bits per heavy atom. The molecule has 92 valence electrons. The fourth-order valence-electron chi connectivity index (χ4n) is 1.90. The lowest BCUT2D eigenvalue weighted by molar-refractivity contribution is 0.0857. The zero-order valence-corrected chi connectivity index (χ0v) is 11.4. The van der Waals surface area contributed by atoms with Gasteiger partial charge in [-0.05, 0) is 43.5 Å². The molecule has 1 amide bonds. The van der Waals surface area contributed by atoms with Crippen molar-refractivity contribution >= 4 is 21.8 Å². The Labute approximate surface area is 110 Å². The highest BCUT2D eigenvalue weighted by molar-refractivity contribution is 9.10. The van der Waals surface area contributed by atoms with Gasteiger partial charge >= 0.3 is 0 Å². The molecule has 1 heterocycles. The van der Waals surface area contributed by atoms with Gasteiger partial charge in [0.25, 0.3) is 5.91 Å². The SMILES string of the molecule is Cc1cc(C(=O)NCC2CCCO2)ccc1Br. The van der Waals surface area contributed by atoms with Crippen LogP contribution in [0.15, 0.2) is 22.7 Å². The second-order valence-electron chi connectivity index (χ2n) is 4.31. The van der Waals surface area contributed by atoms with Gasteiger partial charge < -0.3 is 10.1 Å². The molecule has 1 N–H and O–H groups in total. The van der Waals surface area contributed by atoms with Crippen LogP contribution in [0, 0.1) is 6.92 Å². The molecule has 1 saturated heterocycles. The highest BCUT2D eigenvalue weighted by atomic mass is 79.9. The minimum absolute atomic E-state index is 0.0314. The Bertz CT molecular complexity index is 414. The molecule has 0 radical (unpaired) electrons. The summed E-state index contributed by atoms with van der Waals surface area (Å²) < 4.78 is 6.48. The zero-order valence-electron chi connectivity index (χ0n) is 9.83. The summed E-state index contributed by atoms with van der Waals surface area (Å²) in [4.78, 5) is 11.9. The summed E-state index contributed by atoms with van der Waals surface area (Å²) in [6.07, 6.45) is 2.33. The summed E-state index contributed by atoms with van der Waals surface area (Å²) in [5.41, 5.74) is 1.76. The van der Waals surface area contributed by atoms with Crippen molar-refractivity contribution in [1.82, 2.24) is 5.32 Å². The van der Waals surface area contributed by atoms with E-state index < -0.39 is 0 Å².